The summed E-state index contributed by atoms with van der Waals surface area (Å²) in [6, 6.07) is 13.5. The number of carbonyl (C=O) groups excluding carboxylic acids is 1. The molecular weight excluding hydrogens is 382 g/mol. The van der Waals surface area contributed by atoms with Crippen LogP contribution in [-0.4, -0.2) is 19.1 Å². The molecule has 0 aromatic heterocycles. The highest BCUT2D eigenvalue weighted by molar-refractivity contribution is 9.10. The van der Waals surface area contributed by atoms with E-state index >= 15 is 0 Å². The van der Waals surface area contributed by atoms with Crippen molar-refractivity contribution < 1.29 is 14.3 Å². The summed E-state index contributed by atoms with van der Waals surface area (Å²) >= 11 is 3.48. The van der Waals surface area contributed by atoms with Crippen LogP contribution in [0.1, 0.15) is 37.9 Å². The molecule has 0 aliphatic carbocycles. The van der Waals surface area contributed by atoms with E-state index in [1.165, 1.54) is 5.56 Å². The van der Waals surface area contributed by atoms with Gasteiger partial charge in [0, 0.05) is 0 Å². The van der Waals surface area contributed by atoms with Gasteiger partial charge in [-0.2, -0.15) is 0 Å². The molecule has 0 heterocycles. The second-order valence-electron chi connectivity index (χ2n) is 5.70. The summed E-state index contributed by atoms with van der Waals surface area (Å²) in [5, 5.41) is 2.94. The fourth-order valence-corrected chi connectivity index (χ4v) is 2.95. The molecule has 2 rings (SSSR count). The Bertz CT molecular complexity index is 701. The van der Waals surface area contributed by atoms with Crippen LogP contribution in [0.4, 0.5) is 0 Å². The molecule has 5 heteroatoms. The number of hydrogen-bond acceptors (Lipinski definition) is 3. The average Bonchev–Trinajstić information content (AvgIpc) is 2.61. The van der Waals surface area contributed by atoms with Gasteiger partial charge in [0.05, 0.1) is 17.1 Å². The van der Waals surface area contributed by atoms with Crippen LogP contribution in [0.25, 0.3) is 0 Å². The molecule has 4 nitrogen and oxygen atoms in total. The first-order valence-corrected chi connectivity index (χ1v) is 9.26. The number of amides is 1. The van der Waals surface area contributed by atoms with Crippen molar-refractivity contribution >= 4 is 21.8 Å². The molecule has 0 saturated carbocycles. The largest absolute Gasteiger partial charge is 0.494 e. The van der Waals surface area contributed by atoms with Gasteiger partial charge in [-0.25, -0.2) is 0 Å². The zero-order valence-corrected chi connectivity index (χ0v) is 16.4. The van der Waals surface area contributed by atoms with E-state index in [0.717, 1.165) is 22.2 Å². The van der Waals surface area contributed by atoms with E-state index in [0.29, 0.717) is 12.4 Å². The Hall–Kier alpha value is -2.01. The topological polar surface area (TPSA) is 47.6 Å². The molecule has 0 aliphatic heterocycles. The zero-order valence-electron chi connectivity index (χ0n) is 14.8. The molecule has 0 fully saturated rings. The third-order valence-corrected chi connectivity index (χ3v) is 4.45. The number of nitrogens with one attached hydrogen (secondary N) is 1. The lowest BCUT2D eigenvalue weighted by molar-refractivity contribution is -0.123. The highest BCUT2D eigenvalue weighted by atomic mass is 79.9. The standard InChI is InChI=1S/C20H24BrNO3/c1-4-15-6-11-19(18(21)12-15)25-13-20(23)22-14(3)16-7-9-17(10-8-16)24-5-2/h6-12,14H,4-5,13H2,1-3H3,(H,22,23)/t14-/m0/s1. The maximum atomic E-state index is 12.1. The van der Waals surface area contributed by atoms with E-state index in [1.807, 2.05) is 56.3 Å². The van der Waals surface area contributed by atoms with Gasteiger partial charge in [0.25, 0.3) is 5.91 Å². The summed E-state index contributed by atoms with van der Waals surface area (Å²) in [5.74, 6) is 1.34. The van der Waals surface area contributed by atoms with Gasteiger partial charge >= 0.3 is 0 Å². The molecule has 25 heavy (non-hydrogen) atoms. The van der Waals surface area contributed by atoms with E-state index in [-0.39, 0.29) is 18.6 Å². The molecule has 0 bridgehead atoms. The van der Waals surface area contributed by atoms with Crippen LogP contribution in [-0.2, 0) is 11.2 Å². The number of hydrogen-bond donors (Lipinski definition) is 1. The quantitative estimate of drug-likeness (QED) is 0.693. The van der Waals surface area contributed by atoms with Gasteiger partial charge in [-0.15, -0.1) is 0 Å². The van der Waals surface area contributed by atoms with Crippen LogP contribution in [0.5, 0.6) is 11.5 Å². The number of benzene rings is 2. The fourth-order valence-electron chi connectivity index (χ4n) is 2.41. The van der Waals surface area contributed by atoms with Gasteiger partial charge in [0.2, 0.25) is 0 Å². The van der Waals surface area contributed by atoms with Crippen LogP contribution < -0.4 is 14.8 Å². The van der Waals surface area contributed by atoms with Crippen molar-refractivity contribution in [2.45, 2.75) is 33.2 Å². The van der Waals surface area contributed by atoms with E-state index < -0.39 is 0 Å². The van der Waals surface area contributed by atoms with Crippen LogP contribution in [0.3, 0.4) is 0 Å². The van der Waals surface area contributed by atoms with Crippen LogP contribution in [0, 0.1) is 0 Å². The van der Waals surface area contributed by atoms with Crippen molar-refractivity contribution in [1.82, 2.24) is 5.32 Å². The summed E-state index contributed by atoms with van der Waals surface area (Å²) in [7, 11) is 0. The monoisotopic (exact) mass is 405 g/mol. The third kappa shape index (κ3) is 5.78. The van der Waals surface area contributed by atoms with Crippen LogP contribution in [0.2, 0.25) is 0 Å². The van der Waals surface area contributed by atoms with Crippen LogP contribution in [0.15, 0.2) is 46.9 Å². The lowest BCUT2D eigenvalue weighted by Gasteiger charge is -2.16. The molecule has 0 aliphatic rings. The normalized spacial score (nSPS) is 11.7. The molecule has 2 aromatic rings. The molecule has 0 unspecified atom stereocenters. The Labute approximate surface area is 157 Å². The molecule has 1 N–H and O–H groups in total. The Morgan fingerprint density at radius 3 is 2.44 bits per heavy atom. The second-order valence-corrected chi connectivity index (χ2v) is 6.55. The first kappa shape index (κ1) is 19.3. The van der Waals surface area contributed by atoms with Gasteiger partial charge in [-0.3, -0.25) is 4.79 Å². The van der Waals surface area contributed by atoms with Gasteiger partial charge < -0.3 is 14.8 Å². The van der Waals surface area contributed by atoms with Gasteiger partial charge in [-0.1, -0.05) is 25.1 Å². The predicted molar refractivity (Wildman–Crippen MR) is 103 cm³/mol. The number of rotatable bonds is 8. The minimum absolute atomic E-state index is 0.0224. The number of halogens is 1. The van der Waals surface area contributed by atoms with E-state index in [2.05, 4.69) is 28.2 Å². The van der Waals surface area contributed by atoms with E-state index in [1.54, 1.807) is 0 Å². The minimum atomic E-state index is -0.159. The van der Waals surface area contributed by atoms with Crippen molar-refractivity contribution in [2.75, 3.05) is 13.2 Å². The van der Waals surface area contributed by atoms with Crippen molar-refractivity contribution in [3.05, 3.63) is 58.1 Å². The van der Waals surface area contributed by atoms with Crippen molar-refractivity contribution in [3.8, 4) is 11.5 Å². The molecule has 0 spiro atoms. The summed E-state index contributed by atoms with van der Waals surface area (Å²) < 4.78 is 11.9. The zero-order chi connectivity index (χ0) is 18.2. The minimum Gasteiger partial charge on any atom is -0.494 e. The SMILES string of the molecule is CCOc1ccc([C@H](C)NC(=O)COc2ccc(CC)cc2Br)cc1. The first-order chi connectivity index (χ1) is 12.0. The molecule has 1 atom stereocenters. The van der Waals surface area contributed by atoms with Crippen LogP contribution >= 0.6 is 15.9 Å². The van der Waals surface area contributed by atoms with Gasteiger partial charge in [-0.05, 0) is 71.6 Å². The van der Waals surface area contributed by atoms with E-state index in [9.17, 15) is 4.79 Å². The van der Waals surface area contributed by atoms with E-state index in [4.69, 9.17) is 9.47 Å². The summed E-state index contributed by atoms with van der Waals surface area (Å²) in [4.78, 5) is 12.1. The Balaban J connectivity index is 1.87. The fraction of sp³-hybridized carbons (Fsp3) is 0.350. The molecule has 134 valence electrons. The Morgan fingerprint density at radius 2 is 1.84 bits per heavy atom. The Kier molecular flexibility index (Phi) is 7.31. The van der Waals surface area contributed by atoms with Gasteiger partial charge in [0.15, 0.2) is 6.61 Å². The summed E-state index contributed by atoms with van der Waals surface area (Å²) in [6.07, 6.45) is 0.957. The molecule has 0 radical (unpaired) electrons. The molecular formula is C20H24BrNO3. The number of carbonyl (C=O) groups is 1. The molecule has 0 saturated heterocycles. The lowest BCUT2D eigenvalue weighted by atomic mass is 10.1. The Morgan fingerprint density at radius 1 is 1.12 bits per heavy atom. The first-order valence-electron chi connectivity index (χ1n) is 8.46. The van der Waals surface area contributed by atoms with Gasteiger partial charge in [0.1, 0.15) is 11.5 Å². The smallest absolute Gasteiger partial charge is 0.258 e. The highest BCUT2D eigenvalue weighted by Gasteiger charge is 2.11. The number of aryl methyl sites for hydroxylation is 1. The maximum absolute atomic E-state index is 12.1. The third-order valence-electron chi connectivity index (χ3n) is 3.83. The average molecular weight is 406 g/mol. The highest BCUT2D eigenvalue weighted by Crippen LogP contribution is 2.26. The number of ether oxygens (including phenoxy) is 2. The van der Waals surface area contributed by atoms with Crippen molar-refractivity contribution in [2.24, 2.45) is 0 Å². The van der Waals surface area contributed by atoms with Crippen molar-refractivity contribution in [1.29, 1.82) is 0 Å². The summed E-state index contributed by atoms with van der Waals surface area (Å²) in [5.41, 5.74) is 2.23. The van der Waals surface area contributed by atoms with Crippen molar-refractivity contribution in [3.63, 3.8) is 0 Å². The predicted octanol–water partition coefficient (Wildman–Crippen LogP) is 4.67. The molecule has 1 amide bonds. The molecule has 2 aromatic carbocycles. The summed E-state index contributed by atoms with van der Waals surface area (Å²) in [6.45, 7) is 6.60. The second kappa shape index (κ2) is 9.47. The lowest BCUT2D eigenvalue weighted by Crippen LogP contribution is -2.31. The maximum Gasteiger partial charge on any atom is 0.258 e.